The average molecular weight is 255 g/mol. The highest BCUT2D eigenvalue weighted by Gasteiger charge is 1.88. The minimum atomic E-state index is 0. The lowest BCUT2D eigenvalue weighted by molar-refractivity contribution is 0.599. The third-order valence-corrected chi connectivity index (χ3v) is 1.78. The second-order valence-corrected chi connectivity index (χ2v) is 3.05. The van der Waals surface area contributed by atoms with E-state index in [0.717, 1.165) is 26.2 Å². The molecule has 0 rings (SSSR count). The first-order chi connectivity index (χ1) is 6.41. The van der Waals surface area contributed by atoms with Crippen molar-refractivity contribution in [2.75, 3.05) is 26.2 Å². The molecular weight excluding hydrogens is 231 g/mol. The smallest absolute Gasteiger partial charge is 0.0132 e. The molecule has 0 spiro atoms. The van der Waals surface area contributed by atoms with Gasteiger partial charge in [0.2, 0.25) is 0 Å². The summed E-state index contributed by atoms with van der Waals surface area (Å²) in [6.45, 7) is 11.4. The van der Waals surface area contributed by atoms with Gasteiger partial charge in [-0.2, -0.15) is 0 Å². The molecule has 0 radical (unpaired) electrons. The van der Waals surface area contributed by atoms with Crippen LogP contribution in [-0.4, -0.2) is 26.2 Å². The third kappa shape index (κ3) is 20.1. The highest BCUT2D eigenvalue weighted by atomic mass is 35.5. The Hall–Kier alpha value is -0.0200. The lowest BCUT2D eigenvalue weighted by Crippen LogP contribution is -2.17. The standard InChI is InChI=1S/C11H22N2.2ClH/c1-3-8-12-10-6-5-7-11-13-9-4-2;;/h3-4,12-13H,1-2,5-11H2;2*1H. The van der Waals surface area contributed by atoms with Crippen molar-refractivity contribution in [3.05, 3.63) is 25.3 Å². The van der Waals surface area contributed by atoms with Gasteiger partial charge in [-0.05, 0) is 25.9 Å². The molecule has 2 N–H and O–H groups in total. The first-order valence-corrected chi connectivity index (χ1v) is 5.05. The van der Waals surface area contributed by atoms with E-state index in [-0.39, 0.29) is 24.8 Å². The molecule has 0 fully saturated rings. The van der Waals surface area contributed by atoms with Gasteiger partial charge in [-0.3, -0.25) is 0 Å². The summed E-state index contributed by atoms with van der Waals surface area (Å²) in [5.74, 6) is 0. The van der Waals surface area contributed by atoms with Crippen LogP contribution in [0.3, 0.4) is 0 Å². The van der Waals surface area contributed by atoms with Gasteiger partial charge in [0.1, 0.15) is 0 Å². The predicted molar refractivity (Wildman–Crippen MR) is 74.5 cm³/mol. The van der Waals surface area contributed by atoms with Crippen LogP contribution in [0.2, 0.25) is 0 Å². The summed E-state index contributed by atoms with van der Waals surface area (Å²) in [6.07, 6.45) is 7.58. The van der Waals surface area contributed by atoms with Crippen LogP contribution in [-0.2, 0) is 0 Å². The molecule has 2 nitrogen and oxygen atoms in total. The molecule has 0 aromatic heterocycles. The molecule has 4 heteroatoms. The van der Waals surface area contributed by atoms with Gasteiger partial charge in [0.25, 0.3) is 0 Å². The van der Waals surface area contributed by atoms with Crippen molar-refractivity contribution in [2.45, 2.75) is 19.3 Å². The van der Waals surface area contributed by atoms with Crippen molar-refractivity contribution < 1.29 is 0 Å². The largest absolute Gasteiger partial charge is 0.313 e. The zero-order chi connectivity index (χ0) is 9.78. The molecule has 0 bridgehead atoms. The second kappa shape index (κ2) is 19.5. The van der Waals surface area contributed by atoms with E-state index in [9.17, 15) is 0 Å². The highest BCUT2D eigenvalue weighted by molar-refractivity contribution is 5.85. The fraction of sp³-hybridized carbons (Fsp3) is 0.636. The van der Waals surface area contributed by atoms with Gasteiger partial charge in [0.15, 0.2) is 0 Å². The van der Waals surface area contributed by atoms with Crippen molar-refractivity contribution >= 4 is 24.8 Å². The minimum absolute atomic E-state index is 0. The maximum absolute atomic E-state index is 3.65. The zero-order valence-corrected chi connectivity index (χ0v) is 11.0. The van der Waals surface area contributed by atoms with E-state index in [1.807, 2.05) is 12.2 Å². The van der Waals surface area contributed by atoms with Crippen LogP contribution in [0.5, 0.6) is 0 Å². The van der Waals surface area contributed by atoms with E-state index >= 15 is 0 Å². The predicted octanol–water partition coefficient (Wildman–Crippen LogP) is 2.55. The van der Waals surface area contributed by atoms with Gasteiger partial charge >= 0.3 is 0 Å². The molecule has 0 aliphatic carbocycles. The first kappa shape index (κ1) is 20.4. The van der Waals surface area contributed by atoms with Crippen LogP contribution in [0.1, 0.15) is 19.3 Å². The molecule has 0 aromatic carbocycles. The number of unbranched alkanes of at least 4 members (excludes halogenated alkanes) is 2. The van der Waals surface area contributed by atoms with Crippen LogP contribution in [0, 0.1) is 0 Å². The Kier molecular flexibility index (Phi) is 26.6. The monoisotopic (exact) mass is 254 g/mol. The molecule has 0 saturated heterocycles. The van der Waals surface area contributed by atoms with Gasteiger partial charge in [-0.15, -0.1) is 38.0 Å². The Labute approximate surface area is 106 Å². The van der Waals surface area contributed by atoms with Gasteiger partial charge in [0.05, 0.1) is 0 Å². The van der Waals surface area contributed by atoms with Crippen molar-refractivity contribution in [3.8, 4) is 0 Å². The lowest BCUT2D eigenvalue weighted by Gasteiger charge is -2.02. The summed E-state index contributed by atoms with van der Waals surface area (Å²) in [7, 11) is 0. The fourth-order valence-electron chi connectivity index (χ4n) is 1.09. The highest BCUT2D eigenvalue weighted by Crippen LogP contribution is 1.91. The van der Waals surface area contributed by atoms with Crippen LogP contribution in [0.15, 0.2) is 25.3 Å². The molecule has 0 aromatic rings. The third-order valence-electron chi connectivity index (χ3n) is 1.78. The molecule has 0 saturated carbocycles. The van der Waals surface area contributed by atoms with Crippen LogP contribution >= 0.6 is 24.8 Å². The molecule has 0 unspecified atom stereocenters. The number of halogens is 2. The fourth-order valence-corrected chi connectivity index (χ4v) is 1.09. The Morgan fingerprint density at radius 3 is 1.47 bits per heavy atom. The second-order valence-electron chi connectivity index (χ2n) is 3.05. The van der Waals surface area contributed by atoms with E-state index in [1.165, 1.54) is 19.3 Å². The van der Waals surface area contributed by atoms with Crippen LogP contribution in [0.25, 0.3) is 0 Å². The molecule has 92 valence electrons. The van der Waals surface area contributed by atoms with E-state index in [4.69, 9.17) is 0 Å². The van der Waals surface area contributed by atoms with Crippen molar-refractivity contribution in [2.24, 2.45) is 0 Å². The topological polar surface area (TPSA) is 24.1 Å². The first-order valence-electron chi connectivity index (χ1n) is 5.05. The summed E-state index contributed by atoms with van der Waals surface area (Å²) in [5.41, 5.74) is 0. The van der Waals surface area contributed by atoms with Gasteiger partial charge in [-0.1, -0.05) is 18.6 Å². The molecule has 0 aliphatic heterocycles. The molecule has 15 heavy (non-hydrogen) atoms. The normalized spacial score (nSPS) is 8.53. The van der Waals surface area contributed by atoms with Crippen LogP contribution in [0.4, 0.5) is 0 Å². The molecular formula is C11H24Cl2N2. The summed E-state index contributed by atoms with van der Waals surface area (Å²) in [5, 5.41) is 6.56. The summed E-state index contributed by atoms with van der Waals surface area (Å²) >= 11 is 0. The Bertz CT molecular complexity index is 116. The van der Waals surface area contributed by atoms with Crippen molar-refractivity contribution in [1.82, 2.24) is 10.6 Å². The Balaban J connectivity index is -0.000000720. The summed E-state index contributed by atoms with van der Waals surface area (Å²) in [4.78, 5) is 0. The molecule has 0 atom stereocenters. The summed E-state index contributed by atoms with van der Waals surface area (Å²) in [6, 6.07) is 0. The Morgan fingerprint density at radius 2 is 1.13 bits per heavy atom. The van der Waals surface area contributed by atoms with E-state index in [0.29, 0.717) is 0 Å². The average Bonchev–Trinajstić information content (AvgIpc) is 2.16. The van der Waals surface area contributed by atoms with Crippen LogP contribution < -0.4 is 10.6 Å². The zero-order valence-electron chi connectivity index (χ0n) is 9.34. The lowest BCUT2D eigenvalue weighted by atomic mass is 10.2. The van der Waals surface area contributed by atoms with E-state index in [1.54, 1.807) is 0 Å². The maximum atomic E-state index is 3.65. The van der Waals surface area contributed by atoms with Crippen molar-refractivity contribution in [1.29, 1.82) is 0 Å². The van der Waals surface area contributed by atoms with E-state index < -0.39 is 0 Å². The molecule has 0 amide bonds. The molecule has 0 heterocycles. The number of rotatable bonds is 10. The maximum Gasteiger partial charge on any atom is 0.0132 e. The quantitative estimate of drug-likeness (QED) is 0.463. The Morgan fingerprint density at radius 1 is 0.733 bits per heavy atom. The SMILES string of the molecule is C=CCNCCCCCNCC=C.Cl.Cl. The van der Waals surface area contributed by atoms with Crippen molar-refractivity contribution in [3.63, 3.8) is 0 Å². The minimum Gasteiger partial charge on any atom is -0.313 e. The molecule has 0 aliphatic rings. The van der Waals surface area contributed by atoms with Gasteiger partial charge < -0.3 is 10.6 Å². The number of hydrogen-bond donors (Lipinski definition) is 2. The number of hydrogen-bond acceptors (Lipinski definition) is 2. The van der Waals surface area contributed by atoms with Gasteiger partial charge in [-0.25, -0.2) is 0 Å². The number of nitrogens with one attached hydrogen (secondary N) is 2. The van der Waals surface area contributed by atoms with Gasteiger partial charge in [0, 0.05) is 13.1 Å². The van der Waals surface area contributed by atoms with E-state index in [2.05, 4.69) is 23.8 Å². The summed E-state index contributed by atoms with van der Waals surface area (Å²) < 4.78 is 0.